The molecule has 0 saturated heterocycles. The van der Waals surface area contributed by atoms with Crippen LogP contribution in [0.5, 0.6) is 0 Å². The predicted octanol–water partition coefficient (Wildman–Crippen LogP) is 2.72. The van der Waals surface area contributed by atoms with Crippen molar-refractivity contribution < 1.29 is 23.9 Å². The summed E-state index contributed by atoms with van der Waals surface area (Å²) in [6.45, 7) is 8.98. The maximum atomic E-state index is 12.1. The van der Waals surface area contributed by atoms with Gasteiger partial charge in [0.05, 0.1) is 5.56 Å². The van der Waals surface area contributed by atoms with Gasteiger partial charge in [0, 0.05) is 12.2 Å². The smallest absolute Gasteiger partial charge is 0.412 e. The van der Waals surface area contributed by atoms with Crippen LogP contribution in [0.1, 0.15) is 45.0 Å². The molecule has 1 aromatic carbocycles. The van der Waals surface area contributed by atoms with Gasteiger partial charge in [0.25, 0.3) is 5.91 Å². The Balaban J connectivity index is 2.72. The second-order valence-corrected chi connectivity index (χ2v) is 6.15. The van der Waals surface area contributed by atoms with Crippen molar-refractivity contribution >= 4 is 23.7 Å². The van der Waals surface area contributed by atoms with Crippen molar-refractivity contribution in [1.82, 2.24) is 5.32 Å². The maximum Gasteiger partial charge on any atom is 0.412 e. The van der Waals surface area contributed by atoms with Crippen molar-refractivity contribution in [2.75, 3.05) is 11.9 Å². The van der Waals surface area contributed by atoms with E-state index in [9.17, 15) is 14.4 Å². The lowest BCUT2D eigenvalue weighted by Gasteiger charge is -2.19. The van der Waals surface area contributed by atoms with Crippen molar-refractivity contribution in [2.24, 2.45) is 0 Å². The molecule has 0 aromatic heterocycles. The van der Waals surface area contributed by atoms with Gasteiger partial charge in [-0.25, -0.2) is 9.59 Å². The molecule has 0 aliphatic heterocycles. The van der Waals surface area contributed by atoms with Crippen LogP contribution in [0.15, 0.2) is 24.3 Å². The zero-order valence-corrected chi connectivity index (χ0v) is 14.6. The van der Waals surface area contributed by atoms with Crippen LogP contribution in [0.25, 0.3) is 0 Å². The summed E-state index contributed by atoms with van der Waals surface area (Å²) >= 11 is 0. The van der Waals surface area contributed by atoms with E-state index in [1.54, 1.807) is 39.8 Å². The lowest BCUT2D eigenvalue weighted by Crippen LogP contribution is -2.35. The van der Waals surface area contributed by atoms with E-state index in [2.05, 4.69) is 10.6 Å². The molecule has 24 heavy (non-hydrogen) atoms. The minimum absolute atomic E-state index is 0.222. The van der Waals surface area contributed by atoms with Crippen LogP contribution < -0.4 is 10.6 Å². The number of rotatable bonds is 5. The van der Waals surface area contributed by atoms with Crippen LogP contribution in [0.4, 0.5) is 10.5 Å². The minimum Gasteiger partial charge on any atom is -0.449 e. The topological polar surface area (TPSA) is 93.7 Å². The van der Waals surface area contributed by atoms with E-state index in [1.807, 2.05) is 0 Å². The Morgan fingerprint density at radius 1 is 1.21 bits per heavy atom. The summed E-state index contributed by atoms with van der Waals surface area (Å²) < 4.78 is 10.2. The Morgan fingerprint density at radius 3 is 2.46 bits per heavy atom. The summed E-state index contributed by atoms with van der Waals surface area (Å²) in [5.41, 5.74) is -0.00745. The summed E-state index contributed by atoms with van der Waals surface area (Å²) in [6, 6.07) is 6.21. The number of esters is 1. The summed E-state index contributed by atoms with van der Waals surface area (Å²) in [5, 5.41) is 5.11. The molecule has 1 aromatic rings. The molecule has 2 N–H and O–H groups in total. The van der Waals surface area contributed by atoms with Crippen molar-refractivity contribution in [3.63, 3.8) is 0 Å². The molecule has 2 amide bonds. The molecule has 0 radical (unpaired) electrons. The molecule has 1 rings (SSSR count). The van der Waals surface area contributed by atoms with Crippen LogP contribution in [-0.2, 0) is 14.3 Å². The Kier molecular flexibility index (Phi) is 6.76. The van der Waals surface area contributed by atoms with Gasteiger partial charge in [-0.05, 0) is 52.8 Å². The van der Waals surface area contributed by atoms with Gasteiger partial charge in [0.2, 0.25) is 0 Å². The monoisotopic (exact) mass is 336 g/mol. The Morgan fingerprint density at radius 2 is 1.88 bits per heavy atom. The van der Waals surface area contributed by atoms with Gasteiger partial charge in [-0.1, -0.05) is 6.07 Å². The minimum atomic E-state index is -0.903. The molecule has 0 spiro atoms. The van der Waals surface area contributed by atoms with E-state index >= 15 is 0 Å². The highest BCUT2D eigenvalue weighted by Gasteiger charge is 2.19. The van der Waals surface area contributed by atoms with E-state index in [0.29, 0.717) is 12.2 Å². The van der Waals surface area contributed by atoms with Crippen molar-refractivity contribution in [3.05, 3.63) is 29.8 Å². The van der Waals surface area contributed by atoms with Gasteiger partial charge < -0.3 is 14.8 Å². The molecule has 7 nitrogen and oxygen atoms in total. The van der Waals surface area contributed by atoms with Gasteiger partial charge in [-0.15, -0.1) is 0 Å². The average Bonchev–Trinajstić information content (AvgIpc) is 2.45. The normalized spacial score (nSPS) is 12.0. The highest BCUT2D eigenvalue weighted by Crippen LogP contribution is 2.15. The molecule has 0 aliphatic carbocycles. The number of anilines is 1. The van der Waals surface area contributed by atoms with Crippen molar-refractivity contribution in [2.45, 2.75) is 46.3 Å². The third-order valence-corrected chi connectivity index (χ3v) is 2.75. The molecule has 0 heterocycles. The largest absolute Gasteiger partial charge is 0.449 e. The fourth-order valence-corrected chi connectivity index (χ4v) is 1.75. The number of hydrogen-bond acceptors (Lipinski definition) is 5. The van der Waals surface area contributed by atoms with Gasteiger partial charge >= 0.3 is 12.1 Å². The molecular weight excluding hydrogens is 312 g/mol. The van der Waals surface area contributed by atoms with Gasteiger partial charge in [-0.3, -0.25) is 10.1 Å². The fourth-order valence-electron chi connectivity index (χ4n) is 1.75. The summed E-state index contributed by atoms with van der Waals surface area (Å²) in [4.78, 5) is 35.4. The first-order valence-electron chi connectivity index (χ1n) is 7.71. The van der Waals surface area contributed by atoms with Gasteiger partial charge in [-0.2, -0.15) is 0 Å². The number of nitrogens with one attached hydrogen (secondary N) is 2. The highest BCUT2D eigenvalue weighted by molar-refractivity contribution is 5.94. The number of carbonyl (C=O) groups is 3. The first-order valence-corrected chi connectivity index (χ1v) is 7.71. The molecule has 0 aliphatic rings. The zero-order chi connectivity index (χ0) is 18.3. The summed E-state index contributed by atoms with van der Waals surface area (Å²) in [7, 11) is 0. The van der Waals surface area contributed by atoms with E-state index in [4.69, 9.17) is 9.47 Å². The van der Waals surface area contributed by atoms with Crippen LogP contribution in [-0.4, -0.2) is 36.2 Å². The van der Waals surface area contributed by atoms with Crippen molar-refractivity contribution in [3.8, 4) is 0 Å². The SMILES string of the molecule is CCNC(=O)[C@@H](C)OC(=O)c1cccc(NC(=O)OC(C)(C)C)c1. The number of benzene rings is 1. The fraction of sp³-hybridized carbons (Fsp3) is 0.471. The third-order valence-electron chi connectivity index (χ3n) is 2.75. The van der Waals surface area contributed by atoms with Crippen LogP contribution in [0.3, 0.4) is 0 Å². The number of hydrogen-bond donors (Lipinski definition) is 2. The second-order valence-electron chi connectivity index (χ2n) is 6.15. The predicted molar refractivity (Wildman–Crippen MR) is 89.9 cm³/mol. The van der Waals surface area contributed by atoms with Crippen LogP contribution in [0.2, 0.25) is 0 Å². The van der Waals surface area contributed by atoms with E-state index in [0.717, 1.165) is 0 Å². The average molecular weight is 336 g/mol. The Hall–Kier alpha value is -2.57. The first-order chi connectivity index (χ1) is 11.1. The summed E-state index contributed by atoms with van der Waals surface area (Å²) in [5.74, 6) is -1.02. The molecule has 0 saturated carbocycles. The van der Waals surface area contributed by atoms with Crippen LogP contribution >= 0.6 is 0 Å². The number of ether oxygens (including phenoxy) is 2. The summed E-state index contributed by atoms with van der Waals surface area (Å²) in [6.07, 6.45) is -1.52. The lowest BCUT2D eigenvalue weighted by molar-refractivity contribution is -0.128. The molecule has 132 valence electrons. The Bertz CT molecular complexity index is 607. The zero-order valence-electron chi connectivity index (χ0n) is 14.6. The van der Waals surface area contributed by atoms with Gasteiger partial charge in [0.1, 0.15) is 5.60 Å². The molecule has 1 atom stereocenters. The highest BCUT2D eigenvalue weighted by atomic mass is 16.6. The standard InChI is InChI=1S/C17H24N2O5/c1-6-18-14(20)11(2)23-15(21)12-8-7-9-13(10-12)19-16(22)24-17(3,4)5/h7-11H,6H2,1-5H3,(H,18,20)(H,19,22)/t11-/m1/s1. The first kappa shape index (κ1) is 19.5. The number of likely N-dealkylation sites (N-methyl/N-ethyl adjacent to an activating group) is 1. The molecule has 0 unspecified atom stereocenters. The molecule has 7 heteroatoms. The van der Waals surface area contributed by atoms with Crippen molar-refractivity contribution in [1.29, 1.82) is 0 Å². The van der Waals surface area contributed by atoms with Gasteiger partial charge in [0.15, 0.2) is 6.10 Å². The number of carbonyl (C=O) groups excluding carboxylic acids is 3. The number of amides is 2. The molecule has 0 bridgehead atoms. The molecule has 0 fully saturated rings. The van der Waals surface area contributed by atoms with E-state index < -0.39 is 23.8 Å². The quantitative estimate of drug-likeness (QED) is 0.806. The lowest BCUT2D eigenvalue weighted by atomic mass is 10.2. The van der Waals surface area contributed by atoms with E-state index in [-0.39, 0.29) is 11.5 Å². The maximum absolute atomic E-state index is 12.1. The molecular formula is C17H24N2O5. The van der Waals surface area contributed by atoms with Crippen LogP contribution in [0, 0.1) is 0 Å². The van der Waals surface area contributed by atoms with E-state index in [1.165, 1.54) is 19.1 Å². The Labute approximate surface area is 141 Å². The second kappa shape index (κ2) is 8.33. The third kappa shape index (κ3) is 6.68.